The van der Waals surface area contributed by atoms with E-state index >= 15 is 0 Å². The summed E-state index contributed by atoms with van der Waals surface area (Å²) in [5, 5.41) is 23.4. The van der Waals surface area contributed by atoms with E-state index in [0.29, 0.717) is 0 Å². The molecule has 0 spiro atoms. The van der Waals surface area contributed by atoms with Gasteiger partial charge in [-0.25, -0.2) is 0 Å². The molecule has 1 aromatic carbocycles. The van der Waals surface area contributed by atoms with E-state index in [2.05, 4.69) is 5.32 Å². The lowest BCUT2D eigenvalue weighted by atomic mass is 10.0. The molecule has 0 unspecified atom stereocenters. The van der Waals surface area contributed by atoms with Crippen molar-refractivity contribution < 1.29 is 14.8 Å². The Bertz CT molecular complexity index is 532. The van der Waals surface area contributed by atoms with Gasteiger partial charge < -0.3 is 15.3 Å². The Labute approximate surface area is 128 Å². The fourth-order valence-electron chi connectivity index (χ4n) is 2.37. The number of nitro benzene ring substituents is 1. The van der Waals surface area contributed by atoms with Gasteiger partial charge in [-0.1, -0.05) is 0 Å². The average molecular weight is 316 g/mol. The molecule has 0 radical (unpaired) electrons. The molecule has 2 N–H and O–H groups in total. The van der Waals surface area contributed by atoms with Crippen molar-refractivity contribution >= 4 is 24.0 Å². The first-order chi connectivity index (χ1) is 9.50. The molecule has 8 heteroatoms. The SMILES string of the molecule is CN(C(=O)c1ccc([N+](=O)[O-])c(O)c1)C1CCNCC1.Cl. The van der Waals surface area contributed by atoms with E-state index < -0.39 is 16.4 Å². The molecule has 1 saturated heterocycles. The number of aromatic hydroxyl groups is 1. The Morgan fingerprint density at radius 3 is 2.57 bits per heavy atom. The third kappa shape index (κ3) is 3.83. The van der Waals surface area contributed by atoms with Crippen LogP contribution >= 0.6 is 12.4 Å². The number of rotatable bonds is 3. The van der Waals surface area contributed by atoms with Gasteiger partial charge in [0.05, 0.1) is 4.92 Å². The molecule has 0 saturated carbocycles. The third-order valence-electron chi connectivity index (χ3n) is 3.60. The van der Waals surface area contributed by atoms with Gasteiger partial charge >= 0.3 is 5.69 Å². The van der Waals surface area contributed by atoms with E-state index in [4.69, 9.17) is 0 Å². The van der Waals surface area contributed by atoms with Crippen molar-refractivity contribution in [3.8, 4) is 5.75 Å². The number of nitro groups is 1. The number of hydrogen-bond acceptors (Lipinski definition) is 5. The van der Waals surface area contributed by atoms with E-state index in [1.807, 2.05) is 0 Å². The number of halogens is 1. The van der Waals surface area contributed by atoms with E-state index in [0.717, 1.165) is 38.1 Å². The molecule has 116 valence electrons. The number of benzene rings is 1. The zero-order valence-electron chi connectivity index (χ0n) is 11.6. The number of phenolic OH excluding ortho intramolecular Hbond substituents is 1. The highest BCUT2D eigenvalue weighted by atomic mass is 35.5. The van der Waals surface area contributed by atoms with Gasteiger partial charge in [0.1, 0.15) is 0 Å². The van der Waals surface area contributed by atoms with Crippen molar-refractivity contribution in [3.05, 3.63) is 33.9 Å². The van der Waals surface area contributed by atoms with Crippen molar-refractivity contribution in [1.82, 2.24) is 10.2 Å². The molecule has 0 atom stereocenters. The summed E-state index contributed by atoms with van der Waals surface area (Å²) >= 11 is 0. The summed E-state index contributed by atoms with van der Waals surface area (Å²) in [6.45, 7) is 1.74. The van der Waals surface area contributed by atoms with Gasteiger partial charge in [-0.3, -0.25) is 14.9 Å². The second-order valence-corrected chi connectivity index (χ2v) is 4.86. The minimum Gasteiger partial charge on any atom is -0.502 e. The molecule has 7 nitrogen and oxygen atoms in total. The molecule has 0 aliphatic carbocycles. The smallest absolute Gasteiger partial charge is 0.310 e. The molecular weight excluding hydrogens is 298 g/mol. The van der Waals surface area contributed by atoms with Gasteiger partial charge in [0.15, 0.2) is 5.75 Å². The fraction of sp³-hybridized carbons (Fsp3) is 0.462. The second-order valence-electron chi connectivity index (χ2n) is 4.86. The highest BCUT2D eigenvalue weighted by molar-refractivity contribution is 5.95. The molecular formula is C13H18ClN3O4. The maximum Gasteiger partial charge on any atom is 0.310 e. The molecule has 1 heterocycles. The zero-order valence-corrected chi connectivity index (χ0v) is 12.4. The summed E-state index contributed by atoms with van der Waals surface area (Å²) in [5.41, 5.74) is -0.139. The lowest BCUT2D eigenvalue weighted by Gasteiger charge is -2.31. The number of piperidine rings is 1. The Kier molecular flexibility index (Phi) is 5.92. The quantitative estimate of drug-likeness (QED) is 0.651. The van der Waals surface area contributed by atoms with E-state index in [-0.39, 0.29) is 29.9 Å². The topological polar surface area (TPSA) is 95.7 Å². The first kappa shape index (κ1) is 17.2. The molecule has 1 aliphatic rings. The van der Waals surface area contributed by atoms with Crippen LogP contribution in [0.3, 0.4) is 0 Å². The molecule has 0 bridgehead atoms. The highest BCUT2D eigenvalue weighted by Gasteiger charge is 2.24. The Morgan fingerprint density at radius 1 is 1.43 bits per heavy atom. The monoisotopic (exact) mass is 315 g/mol. The molecule has 1 amide bonds. The minimum atomic E-state index is -0.680. The molecule has 1 aliphatic heterocycles. The fourth-order valence-corrected chi connectivity index (χ4v) is 2.37. The zero-order chi connectivity index (χ0) is 14.7. The second kappa shape index (κ2) is 7.24. The number of nitrogens with one attached hydrogen (secondary N) is 1. The summed E-state index contributed by atoms with van der Waals surface area (Å²) in [5.74, 6) is -0.721. The number of carbonyl (C=O) groups excluding carboxylic acids is 1. The van der Waals surface area contributed by atoms with Crippen LogP contribution in [0, 0.1) is 10.1 Å². The summed E-state index contributed by atoms with van der Waals surface area (Å²) in [6, 6.07) is 3.83. The third-order valence-corrected chi connectivity index (χ3v) is 3.60. The largest absolute Gasteiger partial charge is 0.502 e. The molecule has 1 aromatic rings. The van der Waals surface area contributed by atoms with Crippen LogP contribution in [0.15, 0.2) is 18.2 Å². The van der Waals surface area contributed by atoms with Crippen LogP contribution in [-0.4, -0.2) is 47.0 Å². The summed E-state index contributed by atoms with van der Waals surface area (Å²) in [6.07, 6.45) is 1.75. The highest BCUT2D eigenvalue weighted by Crippen LogP contribution is 2.27. The summed E-state index contributed by atoms with van der Waals surface area (Å²) in [4.78, 5) is 23.9. The standard InChI is InChI=1S/C13H17N3O4.ClH/c1-15(10-4-6-14-7-5-10)13(18)9-2-3-11(16(19)20)12(17)8-9;/h2-3,8,10,14,17H,4-7H2,1H3;1H. The van der Waals surface area contributed by atoms with Crippen molar-refractivity contribution in [2.24, 2.45) is 0 Å². The summed E-state index contributed by atoms with van der Waals surface area (Å²) < 4.78 is 0. The number of nitrogens with zero attached hydrogens (tertiary/aromatic N) is 2. The van der Waals surface area contributed by atoms with Gasteiger partial charge in [-0.15, -0.1) is 12.4 Å². The van der Waals surface area contributed by atoms with Gasteiger partial charge in [-0.2, -0.15) is 0 Å². The molecule has 21 heavy (non-hydrogen) atoms. The van der Waals surface area contributed by atoms with Crippen LogP contribution in [0.2, 0.25) is 0 Å². The van der Waals surface area contributed by atoms with Crippen LogP contribution in [-0.2, 0) is 0 Å². The summed E-state index contributed by atoms with van der Waals surface area (Å²) in [7, 11) is 1.72. The number of hydrogen-bond donors (Lipinski definition) is 2. The lowest BCUT2D eigenvalue weighted by molar-refractivity contribution is -0.385. The van der Waals surface area contributed by atoms with Gasteiger partial charge in [0.25, 0.3) is 5.91 Å². The van der Waals surface area contributed by atoms with Crippen LogP contribution in [0.1, 0.15) is 23.2 Å². The van der Waals surface area contributed by atoms with Crippen molar-refractivity contribution in [2.45, 2.75) is 18.9 Å². The normalized spacial score (nSPS) is 15.1. The predicted molar refractivity (Wildman–Crippen MR) is 80.0 cm³/mol. The molecule has 1 fully saturated rings. The van der Waals surface area contributed by atoms with E-state index in [1.165, 1.54) is 6.07 Å². The minimum absolute atomic E-state index is 0. The Morgan fingerprint density at radius 2 is 2.05 bits per heavy atom. The Balaban J connectivity index is 0.00000220. The van der Waals surface area contributed by atoms with Gasteiger partial charge in [-0.05, 0) is 38.1 Å². The number of amides is 1. The lowest BCUT2D eigenvalue weighted by Crippen LogP contribution is -2.43. The van der Waals surface area contributed by atoms with E-state index in [1.54, 1.807) is 11.9 Å². The Hall–Kier alpha value is -1.86. The van der Waals surface area contributed by atoms with Gasteiger partial charge in [0.2, 0.25) is 0 Å². The van der Waals surface area contributed by atoms with E-state index in [9.17, 15) is 20.0 Å². The van der Waals surface area contributed by atoms with Crippen molar-refractivity contribution in [3.63, 3.8) is 0 Å². The van der Waals surface area contributed by atoms with Gasteiger partial charge in [0, 0.05) is 24.7 Å². The van der Waals surface area contributed by atoms with Crippen LogP contribution in [0.25, 0.3) is 0 Å². The van der Waals surface area contributed by atoms with Crippen molar-refractivity contribution in [1.29, 1.82) is 0 Å². The molecule has 2 rings (SSSR count). The van der Waals surface area contributed by atoms with Crippen LogP contribution < -0.4 is 5.32 Å². The maximum absolute atomic E-state index is 12.3. The maximum atomic E-state index is 12.3. The number of phenols is 1. The number of carbonyl (C=O) groups is 1. The van der Waals surface area contributed by atoms with Crippen molar-refractivity contribution in [2.75, 3.05) is 20.1 Å². The van der Waals surface area contributed by atoms with Crippen LogP contribution in [0.5, 0.6) is 5.75 Å². The average Bonchev–Trinajstić information content (AvgIpc) is 2.46. The molecule has 0 aromatic heterocycles. The first-order valence-electron chi connectivity index (χ1n) is 6.46. The predicted octanol–water partition coefficient (Wildman–Crippen LogP) is 1.55. The first-order valence-corrected chi connectivity index (χ1v) is 6.46. The van der Waals surface area contributed by atoms with Crippen LogP contribution in [0.4, 0.5) is 5.69 Å².